The summed E-state index contributed by atoms with van der Waals surface area (Å²) in [6, 6.07) is 19.1. The summed E-state index contributed by atoms with van der Waals surface area (Å²) < 4.78 is 12.3. The summed E-state index contributed by atoms with van der Waals surface area (Å²) >= 11 is 12.8. The molecule has 5 rings (SSSR count). The molecule has 2 N–H and O–H groups in total. The molecule has 188 valence electrons. The number of nitrogens with zero attached hydrogens (tertiary/aromatic N) is 3. The molecule has 3 aromatic carbocycles. The predicted molar refractivity (Wildman–Crippen MR) is 145 cm³/mol. The van der Waals surface area contributed by atoms with Crippen molar-refractivity contribution in [3.63, 3.8) is 0 Å². The third-order valence-corrected chi connectivity index (χ3v) is 6.62. The van der Waals surface area contributed by atoms with Crippen LogP contribution < -0.4 is 20.1 Å². The van der Waals surface area contributed by atoms with Crippen molar-refractivity contribution >= 4 is 40.7 Å². The van der Waals surface area contributed by atoms with Crippen LogP contribution >= 0.6 is 23.2 Å². The van der Waals surface area contributed by atoms with Crippen LogP contribution in [0.1, 0.15) is 18.5 Å². The third-order valence-electron chi connectivity index (χ3n) is 6.06. The number of allylic oxidation sites excluding steroid dienone is 1. The predicted octanol–water partition coefficient (Wildman–Crippen LogP) is 6.20. The average Bonchev–Trinajstić information content (AvgIpc) is 3.32. The zero-order valence-corrected chi connectivity index (χ0v) is 21.8. The second kappa shape index (κ2) is 10.2. The molecular weight excluding hydrogens is 513 g/mol. The number of fused-ring (bicyclic) bond motifs is 1. The molecule has 1 atom stereocenters. The van der Waals surface area contributed by atoms with Gasteiger partial charge in [0, 0.05) is 26.9 Å². The summed E-state index contributed by atoms with van der Waals surface area (Å²) in [4.78, 5) is 18.5. The first kappa shape index (κ1) is 24.7. The SMILES string of the molecule is COc1ccc(-c2nc3n(n2)C(c2ccc(Cl)cc2Cl)C(C(=O)Nc2ccccc2OC)=C(C)N3)cc1. The van der Waals surface area contributed by atoms with Crippen molar-refractivity contribution in [3.05, 3.63) is 93.6 Å². The monoisotopic (exact) mass is 535 g/mol. The van der Waals surface area contributed by atoms with Gasteiger partial charge in [-0.2, -0.15) is 4.98 Å². The van der Waals surface area contributed by atoms with Gasteiger partial charge in [0.05, 0.1) is 25.5 Å². The van der Waals surface area contributed by atoms with E-state index in [4.69, 9.17) is 42.8 Å². The van der Waals surface area contributed by atoms with Gasteiger partial charge in [-0.25, -0.2) is 4.68 Å². The van der Waals surface area contributed by atoms with Crippen LogP contribution in [-0.2, 0) is 4.79 Å². The lowest BCUT2D eigenvalue weighted by Gasteiger charge is -2.29. The zero-order valence-electron chi connectivity index (χ0n) is 20.3. The number of halogens is 2. The van der Waals surface area contributed by atoms with Gasteiger partial charge in [-0.3, -0.25) is 4.79 Å². The Balaban J connectivity index is 1.61. The van der Waals surface area contributed by atoms with Gasteiger partial charge in [0.2, 0.25) is 5.95 Å². The van der Waals surface area contributed by atoms with Crippen LogP contribution in [0.25, 0.3) is 11.4 Å². The molecule has 1 aliphatic heterocycles. The summed E-state index contributed by atoms with van der Waals surface area (Å²) in [6.45, 7) is 1.82. The van der Waals surface area contributed by atoms with E-state index in [0.29, 0.717) is 50.1 Å². The molecule has 8 nitrogen and oxygen atoms in total. The number of aromatic nitrogens is 3. The molecule has 10 heteroatoms. The number of rotatable bonds is 6. The number of nitrogens with one attached hydrogen (secondary N) is 2. The minimum absolute atomic E-state index is 0.335. The molecule has 0 bridgehead atoms. The molecule has 2 heterocycles. The molecular formula is C27H23Cl2N5O3. The number of ether oxygens (including phenoxy) is 2. The van der Waals surface area contributed by atoms with E-state index in [1.165, 1.54) is 0 Å². The summed E-state index contributed by atoms with van der Waals surface area (Å²) in [6.07, 6.45) is 0. The van der Waals surface area contributed by atoms with E-state index in [1.54, 1.807) is 49.2 Å². The Hall–Kier alpha value is -4.01. The van der Waals surface area contributed by atoms with Crippen molar-refractivity contribution in [3.8, 4) is 22.9 Å². The molecule has 37 heavy (non-hydrogen) atoms. The van der Waals surface area contributed by atoms with Gasteiger partial charge in [0.15, 0.2) is 5.82 Å². The van der Waals surface area contributed by atoms with E-state index in [-0.39, 0.29) is 5.91 Å². The number of hydrogen-bond acceptors (Lipinski definition) is 6. The Bertz CT molecular complexity index is 1510. The van der Waals surface area contributed by atoms with E-state index < -0.39 is 6.04 Å². The highest BCUT2D eigenvalue weighted by atomic mass is 35.5. The van der Waals surface area contributed by atoms with Crippen LogP contribution in [0.5, 0.6) is 11.5 Å². The largest absolute Gasteiger partial charge is 0.497 e. The Labute approximate surface area is 223 Å². The number of benzene rings is 3. The van der Waals surface area contributed by atoms with Crippen molar-refractivity contribution in [2.24, 2.45) is 0 Å². The van der Waals surface area contributed by atoms with Gasteiger partial charge in [-0.15, -0.1) is 5.10 Å². The molecule has 1 unspecified atom stereocenters. The van der Waals surface area contributed by atoms with Gasteiger partial charge in [0.25, 0.3) is 5.91 Å². The Morgan fingerprint density at radius 3 is 2.49 bits per heavy atom. The number of anilines is 2. The van der Waals surface area contributed by atoms with Crippen molar-refractivity contribution in [2.75, 3.05) is 24.9 Å². The lowest BCUT2D eigenvalue weighted by Crippen LogP contribution is -2.31. The highest BCUT2D eigenvalue weighted by molar-refractivity contribution is 6.35. The number of methoxy groups -OCH3 is 2. The second-order valence-electron chi connectivity index (χ2n) is 8.32. The molecule has 1 aliphatic rings. The normalized spacial score (nSPS) is 14.6. The summed E-state index contributed by atoms with van der Waals surface area (Å²) in [5.41, 5.74) is 3.03. The molecule has 0 saturated carbocycles. The van der Waals surface area contributed by atoms with Gasteiger partial charge in [-0.1, -0.05) is 41.4 Å². The van der Waals surface area contributed by atoms with Crippen molar-refractivity contribution in [2.45, 2.75) is 13.0 Å². The van der Waals surface area contributed by atoms with Gasteiger partial charge in [0.1, 0.15) is 17.5 Å². The lowest BCUT2D eigenvalue weighted by atomic mass is 9.95. The Morgan fingerprint density at radius 2 is 1.78 bits per heavy atom. The lowest BCUT2D eigenvalue weighted by molar-refractivity contribution is -0.113. The van der Waals surface area contributed by atoms with Crippen LogP contribution in [0.2, 0.25) is 10.0 Å². The van der Waals surface area contributed by atoms with Crippen LogP contribution in [0.15, 0.2) is 78.0 Å². The first-order chi connectivity index (χ1) is 17.9. The standard InChI is InChI=1S/C27H23Cl2N5O3/c1-15-23(26(35)31-21-6-4-5-7-22(21)37-3)24(19-13-10-17(28)14-20(19)29)34-27(30-15)32-25(33-34)16-8-11-18(36-2)12-9-16/h4-14,24H,1-3H3,(H,31,35)(H,30,32,33). The second-order valence-corrected chi connectivity index (χ2v) is 9.16. The van der Waals surface area contributed by atoms with Crippen molar-refractivity contribution in [1.82, 2.24) is 14.8 Å². The average molecular weight is 536 g/mol. The van der Waals surface area contributed by atoms with Gasteiger partial charge >= 0.3 is 0 Å². The number of amides is 1. The number of carbonyl (C=O) groups is 1. The maximum atomic E-state index is 13.8. The molecule has 0 saturated heterocycles. The van der Waals surface area contributed by atoms with E-state index in [1.807, 2.05) is 43.3 Å². The molecule has 4 aromatic rings. The number of para-hydroxylation sites is 2. The molecule has 1 amide bonds. The van der Waals surface area contributed by atoms with E-state index in [0.717, 1.165) is 11.3 Å². The first-order valence-corrected chi connectivity index (χ1v) is 12.1. The molecule has 1 aromatic heterocycles. The minimum atomic E-state index is -0.671. The van der Waals surface area contributed by atoms with Crippen LogP contribution in [-0.4, -0.2) is 34.9 Å². The maximum absolute atomic E-state index is 13.8. The highest BCUT2D eigenvalue weighted by Gasteiger charge is 2.36. The van der Waals surface area contributed by atoms with Crippen LogP contribution in [0.3, 0.4) is 0 Å². The fraction of sp³-hybridized carbons (Fsp3) is 0.148. The van der Waals surface area contributed by atoms with E-state index in [9.17, 15) is 4.79 Å². The third kappa shape index (κ3) is 4.73. The van der Waals surface area contributed by atoms with E-state index in [2.05, 4.69) is 10.6 Å². The minimum Gasteiger partial charge on any atom is -0.497 e. The molecule has 0 fully saturated rings. The van der Waals surface area contributed by atoms with E-state index >= 15 is 0 Å². The highest BCUT2D eigenvalue weighted by Crippen LogP contribution is 2.40. The molecule has 0 radical (unpaired) electrons. The fourth-order valence-corrected chi connectivity index (χ4v) is 4.77. The Morgan fingerprint density at radius 1 is 1.03 bits per heavy atom. The van der Waals surface area contributed by atoms with Crippen LogP contribution in [0, 0.1) is 0 Å². The van der Waals surface area contributed by atoms with Crippen LogP contribution in [0.4, 0.5) is 11.6 Å². The maximum Gasteiger partial charge on any atom is 0.255 e. The van der Waals surface area contributed by atoms with Gasteiger partial charge < -0.3 is 20.1 Å². The smallest absolute Gasteiger partial charge is 0.255 e. The van der Waals surface area contributed by atoms with Gasteiger partial charge in [-0.05, 0) is 55.5 Å². The first-order valence-electron chi connectivity index (χ1n) is 11.4. The summed E-state index contributed by atoms with van der Waals surface area (Å²) in [5, 5.41) is 11.9. The summed E-state index contributed by atoms with van der Waals surface area (Å²) in [7, 11) is 3.16. The van der Waals surface area contributed by atoms with Crippen molar-refractivity contribution in [1.29, 1.82) is 0 Å². The molecule has 0 aliphatic carbocycles. The number of carbonyl (C=O) groups excluding carboxylic acids is 1. The fourth-order valence-electron chi connectivity index (χ4n) is 4.26. The quantitative estimate of drug-likeness (QED) is 0.305. The summed E-state index contributed by atoms with van der Waals surface area (Å²) in [5.74, 6) is 1.90. The molecule has 0 spiro atoms. The Kier molecular flexibility index (Phi) is 6.78. The van der Waals surface area contributed by atoms with Crippen molar-refractivity contribution < 1.29 is 14.3 Å². The number of hydrogen-bond donors (Lipinski definition) is 2. The zero-order chi connectivity index (χ0) is 26.1. The topological polar surface area (TPSA) is 90.3 Å².